The highest BCUT2D eigenvalue weighted by atomic mass is 35.5. The van der Waals surface area contributed by atoms with E-state index in [1.165, 1.54) is 31.7 Å². The number of nitrogens with two attached hydrogens (primary N) is 1. The topological polar surface area (TPSA) is 125 Å². The third-order valence-electron chi connectivity index (χ3n) is 9.02. The second-order valence-electron chi connectivity index (χ2n) is 12.4. The van der Waals surface area contributed by atoms with Gasteiger partial charge in [-0.3, -0.25) is 0 Å². The fraction of sp³-hybridized carbons (Fsp3) is 0.237. The lowest BCUT2D eigenvalue weighted by Crippen LogP contribution is -2.28. The molecule has 0 spiro atoms. The summed E-state index contributed by atoms with van der Waals surface area (Å²) in [6.07, 6.45) is -0.426. The van der Waals surface area contributed by atoms with Crippen LogP contribution in [0.5, 0.6) is 17.2 Å². The van der Waals surface area contributed by atoms with Crippen molar-refractivity contribution in [2.75, 3.05) is 42.9 Å². The first-order chi connectivity index (χ1) is 25.5. The van der Waals surface area contributed by atoms with Crippen LogP contribution in [-0.2, 0) is 25.8 Å². The molecule has 3 aromatic carbocycles. The normalized spacial score (nSPS) is 12.7. The first-order valence-corrected chi connectivity index (χ1v) is 16.9. The highest BCUT2D eigenvalue weighted by Crippen LogP contribution is 2.48. The van der Waals surface area contributed by atoms with Gasteiger partial charge in [0.25, 0.3) is 0 Å². The molecule has 4 heterocycles. The van der Waals surface area contributed by atoms with Gasteiger partial charge in [-0.25, -0.2) is 24.9 Å². The van der Waals surface area contributed by atoms with Crippen molar-refractivity contribution in [1.29, 1.82) is 0 Å². The first kappa shape index (κ1) is 35.5. The van der Waals surface area contributed by atoms with Gasteiger partial charge in [0.1, 0.15) is 48.2 Å². The summed E-state index contributed by atoms with van der Waals surface area (Å²) in [5.41, 5.74) is 7.66. The quantitative estimate of drug-likeness (QED) is 0.149. The lowest BCUT2D eigenvalue weighted by molar-refractivity contribution is -0.137. The summed E-state index contributed by atoms with van der Waals surface area (Å²) in [4.78, 5) is 25.7. The lowest BCUT2D eigenvalue weighted by atomic mass is 9.98. The molecule has 0 atom stereocenters. The number of pyridine rings is 1. The number of aryl methyl sites for hydroxylation is 1. The Morgan fingerprint density at radius 3 is 2.19 bits per heavy atom. The molecule has 1 aliphatic heterocycles. The van der Waals surface area contributed by atoms with Crippen LogP contribution in [0.3, 0.4) is 0 Å². The summed E-state index contributed by atoms with van der Waals surface area (Å²) in [6, 6.07) is 17.9. The molecule has 6 aromatic rings. The summed E-state index contributed by atoms with van der Waals surface area (Å²) in [5.74, 6) is 2.65. The zero-order valence-electron chi connectivity index (χ0n) is 29.0. The average Bonchev–Trinajstić information content (AvgIpc) is 3.33. The number of ether oxygens (including phenoxy) is 3. The maximum atomic E-state index is 15.0. The average molecular weight is 743 g/mol. The number of nitrogen functional groups attached to an aromatic ring is 1. The maximum Gasteiger partial charge on any atom is 0.418 e. The molecular formula is C38H34ClF3N8O3. The molecule has 3 aromatic heterocycles. The number of halogens is 4. The molecule has 0 saturated carbocycles. The summed E-state index contributed by atoms with van der Waals surface area (Å²) >= 11 is 7.07. The molecule has 2 N–H and O–H groups in total. The van der Waals surface area contributed by atoms with E-state index in [0.717, 1.165) is 11.1 Å². The van der Waals surface area contributed by atoms with Gasteiger partial charge in [0.15, 0.2) is 5.75 Å². The highest BCUT2D eigenvalue weighted by molar-refractivity contribution is 6.36. The predicted molar refractivity (Wildman–Crippen MR) is 196 cm³/mol. The Balaban J connectivity index is 1.37. The van der Waals surface area contributed by atoms with E-state index in [9.17, 15) is 0 Å². The van der Waals surface area contributed by atoms with Gasteiger partial charge in [-0.1, -0.05) is 35.9 Å². The van der Waals surface area contributed by atoms with Gasteiger partial charge < -0.3 is 29.7 Å². The zero-order chi connectivity index (χ0) is 37.3. The largest absolute Gasteiger partial charge is 0.497 e. The Bertz CT molecular complexity index is 2230. The fourth-order valence-electron chi connectivity index (χ4n) is 6.40. The minimum absolute atomic E-state index is 0.0212. The van der Waals surface area contributed by atoms with Crippen LogP contribution in [0.2, 0.25) is 5.02 Å². The van der Waals surface area contributed by atoms with Crippen LogP contribution in [0, 0.1) is 6.92 Å². The molecule has 272 valence electrons. The highest BCUT2D eigenvalue weighted by Gasteiger charge is 2.39. The number of anilines is 3. The van der Waals surface area contributed by atoms with Gasteiger partial charge in [-0.15, -0.1) is 0 Å². The molecule has 0 bridgehead atoms. The predicted octanol–water partition coefficient (Wildman–Crippen LogP) is 7.67. The van der Waals surface area contributed by atoms with Crippen LogP contribution < -0.4 is 29.7 Å². The Labute approximate surface area is 308 Å². The number of hydrogen-bond donors (Lipinski definition) is 1. The molecule has 0 amide bonds. The van der Waals surface area contributed by atoms with Gasteiger partial charge >= 0.3 is 6.18 Å². The number of aromatic nitrogens is 5. The smallest absolute Gasteiger partial charge is 0.418 e. The molecule has 1 aliphatic rings. The van der Waals surface area contributed by atoms with Crippen molar-refractivity contribution in [3.05, 3.63) is 112 Å². The molecule has 0 unspecified atom stereocenters. The Morgan fingerprint density at radius 2 is 1.58 bits per heavy atom. The van der Waals surface area contributed by atoms with E-state index in [1.807, 2.05) is 58.3 Å². The summed E-state index contributed by atoms with van der Waals surface area (Å²) in [5, 5.41) is 0.417. The molecule has 53 heavy (non-hydrogen) atoms. The number of benzene rings is 3. The minimum Gasteiger partial charge on any atom is -0.497 e. The molecular weight excluding hydrogens is 709 g/mol. The van der Waals surface area contributed by atoms with Crippen LogP contribution >= 0.6 is 11.6 Å². The monoisotopic (exact) mass is 742 g/mol. The molecule has 0 saturated heterocycles. The second kappa shape index (κ2) is 14.6. The van der Waals surface area contributed by atoms with Gasteiger partial charge in [0, 0.05) is 37.0 Å². The summed E-state index contributed by atoms with van der Waals surface area (Å²) in [6.45, 7) is 2.91. The van der Waals surface area contributed by atoms with Crippen LogP contribution in [0.4, 0.5) is 30.6 Å². The zero-order valence-corrected chi connectivity index (χ0v) is 29.7. The van der Waals surface area contributed by atoms with Gasteiger partial charge in [-0.2, -0.15) is 13.2 Å². The third-order valence-corrected chi connectivity index (χ3v) is 9.40. The molecule has 11 nitrogen and oxygen atoms in total. The van der Waals surface area contributed by atoms with Crippen LogP contribution in [0.25, 0.3) is 22.2 Å². The van der Waals surface area contributed by atoms with Gasteiger partial charge in [0.2, 0.25) is 0 Å². The summed E-state index contributed by atoms with van der Waals surface area (Å²) < 4.78 is 61.9. The lowest BCUT2D eigenvalue weighted by Gasteiger charge is -2.27. The number of methoxy groups -OCH3 is 2. The standard InChI is InChI=1S/C38H34ClF3N8O3/c1-22-14-30(50(17-23-4-8-26(51-2)9-5-23)18-24-6-10-27(52-3)11-7-24)48-34(32(22)38(40,41)42)28-15-29-31-35(33(28)39)53-13-12-49(37(31)47-21-45-29)19-25-16-44-20-46-36(25)43/h4-11,14-16,20-21H,12-13,17-19H2,1-3H3,(H2,43,44,46). The van der Waals surface area contributed by atoms with Crippen molar-refractivity contribution >= 4 is 40.0 Å². The molecule has 0 aliphatic carbocycles. The first-order valence-electron chi connectivity index (χ1n) is 16.5. The van der Waals surface area contributed by atoms with Crippen molar-refractivity contribution < 1.29 is 27.4 Å². The number of alkyl halides is 3. The SMILES string of the molecule is COc1ccc(CN(Cc2ccc(OC)cc2)c2cc(C)c(C(F)(F)F)c(-c3cc4ncnc5c4c(c3Cl)OCCN5Cc3cncnc3N)n2)cc1. The molecule has 15 heteroatoms. The molecule has 7 rings (SSSR count). The molecule has 0 radical (unpaired) electrons. The second-order valence-corrected chi connectivity index (χ2v) is 12.8. The van der Waals surface area contributed by atoms with E-state index in [-0.39, 0.29) is 34.2 Å². The van der Waals surface area contributed by atoms with E-state index in [2.05, 4.69) is 19.9 Å². The summed E-state index contributed by atoms with van der Waals surface area (Å²) in [7, 11) is 3.17. The Morgan fingerprint density at radius 1 is 0.925 bits per heavy atom. The van der Waals surface area contributed by atoms with E-state index in [0.29, 0.717) is 71.6 Å². The van der Waals surface area contributed by atoms with E-state index in [4.69, 9.17) is 36.5 Å². The van der Waals surface area contributed by atoms with Crippen molar-refractivity contribution in [2.24, 2.45) is 0 Å². The number of hydrogen-bond acceptors (Lipinski definition) is 11. The van der Waals surface area contributed by atoms with Crippen LogP contribution in [0.1, 0.15) is 27.8 Å². The van der Waals surface area contributed by atoms with E-state index < -0.39 is 11.7 Å². The number of nitrogens with zero attached hydrogens (tertiary/aromatic N) is 7. The van der Waals surface area contributed by atoms with Crippen molar-refractivity contribution in [3.63, 3.8) is 0 Å². The van der Waals surface area contributed by atoms with Crippen molar-refractivity contribution in [1.82, 2.24) is 24.9 Å². The van der Waals surface area contributed by atoms with Gasteiger partial charge in [0.05, 0.1) is 47.9 Å². The Kier molecular flexibility index (Phi) is 9.80. The van der Waals surface area contributed by atoms with E-state index in [1.54, 1.807) is 20.4 Å². The fourth-order valence-corrected chi connectivity index (χ4v) is 6.69. The van der Waals surface area contributed by atoms with Crippen LogP contribution in [0.15, 0.2) is 79.5 Å². The minimum atomic E-state index is -4.76. The van der Waals surface area contributed by atoms with Crippen LogP contribution in [-0.4, -0.2) is 52.3 Å². The Hall–Kier alpha value is -5.89. The van der Waals surface area contributed by atoms with Crippen molar-refractivity contribution in [2.45, 2.75) is 32.7 Å². The number of rotatable bonds is 10. The maximum absolute atomic E-state index is 15.0. The van der Waals surface area contributed by atoms with Crippen molar-refractivity contribution in [3.8, 4) is 28.5 Å². The van der Waals surface area contributed by atoms with Gasteiger partial charge in [-0.05, 0) is 60.0 Å². The molecule has 0 fully saturated rings. The third kappa shape index (κ3) is 7.27. The van der Waals surface area contributed by atoms with E-state index >= 15 is 13.2 Å².